The minimum atomic E-state index is -0.848. The normalized spacial score (nSPS) is 15.3. The summed E-state index contributed by atoms with van der Waals surface area (Å²) in [7, 11) is 2.80. The first-order valence-corrected chi connectivity index (χ1v) is 12.5. The Kier molecular flexibility index (Phi) is 6.46. The molecule has 1 aliphatic rings. The van der Waals surface area contributed by atoms with Crippen LogP contribution < -0.4 is 19.6 Å². The lowest BCUT2D eigenvalue weighted by molar-refractivity contribution is -0.136. The first-order valence-electron chi connectivity index (χ1n) is 11.3. The largest absolute Gasteiger partial charge is 0.496 e. The molecule has 0 saturated heterocycles. The van der Waals surface area contributed by atoms with Crippen LogP contribution in [-0.4, -0.2) is 29.3 Å². The van der Waals surface area contributed by atoms with E-state index in [1.165, 1.54) is 30.1 Å². The first-order chi connectivity index (χ1) is 17.9. The van der Waals surface area contributed by atoms with Crippen molar-refractivity contribution in [3.05, 3.63) is 95.8 Å². The molecule has 186 valence electrons. The van der Waals surface area contributed by atoms with Gasteiger partial charge in [0.15, 0.2) is 4.80 Å². The van der Waals surface area contributed by atoms with Gasteiger partial charge in [0, 0.05) is 33.2 Å². The van der Waals surface area contributed by atoms with E-state index in [1.54, 1.807) is 31.2 Å². The number of hydrogen-bond donors (Lipinski definition) is 0. The number of benzene rings is 2. The van der Waals surface area contributed by atoms with Gasteiger partial charge in [0.05, 0.1) is 36.1 Å². The summed E-state index contributed by atoms with van der Waals surface area (Å²) in [6, 6.07) is 14.1. The standard InChI is InChI=1S/C27H21ClN4O4S/c1-15-23(26(34)36-3)24(19-13-17(28)8-9-21(19)35-2)32-25(33)22(37-27(32)30-15)12-16-14-31(11-10-29)20-7-5-4-6-18(16)20/h4-9,12-14,24H,11H2,1-3H3/b22-12-/t24-/m1/s1. The monoisotopic (exact) mass is 532 g/mol. The van der Waals surface area contributed by atoms with Gasteiger partial charge in [0.2, 0.25) is 0 Å². The van der Waals surface area contributed by atoms with Crippen LogP contribution >= 0.6 is 22.9 Å². The van der Waals surface area contributed by atoms with E-state index in [-0.39, 0.29) is 17.7 Å². The van der Waals surface area contributed by atoms with Crippen molar-refractivity contribution in [1.29, 1.82) is 5.26 Å². The predicted octanol–water partition coefficient (Wildman–Crippen LogP) is 3.55. The van der Waals surface area contributed by atoms with E-state index in [0.717, 1.165) is 16.5 Å². The zero-order valence-corrected chi connectivity index (χ0v) is 21.8. The number of ether oxygens (including phenoxy) is 2. The predicted molar refractivity (Wildman–Crippen MR) is 141 cm³/mol. The highest BCUT2D eigenvalue weighted by atomic mass is 35.5. The van der Waals surface area contributed by atoms with Crippen LogP contribution in [0.5, 0.6) is 5.75 Å². The molecule has 0 amide bonds. The molecule has 37 heavy (non-hydrogen) atoms. The number of halogens is 1. The highest BCUT2D eigenvalue weighted by molar-refractivity contribution is 7.07. The third kappa shape index (κ3) is 4.14. The zero-order chi connectivity index (χ0) is 26.3. The quantitative estimate of drug-likeness (QED) is 0.366. The van der Waals surface area contributed by atoms with Gasteiger partial charge in [0.25, 0.3) is 5.56 Å². The van der Waals surface area contributed by atoms with E-state index in [0.29, 0.717) is 31.4 Å². The Balaban J connectivity index is 1.79. The van der Waals surface area contributed by atoms with Crippen molar-refractivity contribution in [2.45, 2.75) is 19.5 Å². The number of thiazole rings is 1. The van der Waals surface area contributed by atoms with Crippen LogP contribution in [0.15, 0.2) is 69.7 Å². The van der Waals surface area contributed by atoms with Crippen molar-refractivity contribution < 1.29 is 14.3 Å². The van der Waals surface area contributed by atoms with Crippen molar-refractivity contribution in [3.8, 4) is 11.8 Å². The minimum absolute atomic E-state index is 0.186. The van der Waals surface area contributed by atoms with E-state index in [4.69, 9.17) is 21.1 Å². The molecule has 0 spiro atoms. The van der Waals surface area contributed by atoms with Crippen LogP contribution in [0.4, 0.5) is 0 Å². The van der Waals surface area contributed by atoms with Crippen molar-refractivity contribution in [1.82, 2.24) is 9.13 Å². The fourth-order valence-electron chi connectivity index (χ4n) is 4.64. The number of fused-ring (bicyclic) bond motifs is 2. The number of nitriles is 1. The molecule has 5 rings (SSSR count). The molecule has 10 heteroatoms. The highest BCUT2D eigenvalue weighted by Gasteiger charge is 2.35. The van der Waals surface area contributed by atoms with E-state index in [9.17, 15) is 14.9 Å². The van der Waals surface area contributed by atoms with Crippen molar-refractivity contribution >= 4 is 45.9 Å². The maximum absolute atomic E-state index is 13.9. The van der Waals surface area contributed by atoms with Crippen LogP contribution in [0.2, 0.25) is 5.02 Å². The number of nitrogens with zero attached hydrogens (tertiary/aromatic N) is 4. The average molecular weight is 533 g/mol. The minimum Gasteiger partial charge on any atom is -0.496 e. The molecule has 3 heterocycles. The van der Waals surface area contributed by atoms with Gasteiger partial charge >= 0.3 is 5.97 Å². The molecule has 1 atom stereocenters. The van der Waals surface area contributed by atoms with Gasteiger partial charge in [-0.1, -0.05) is 41.1 Å². The van der Waals surface area contributed by atoms with E-state index >= 15 is 0 Å². The fraction of sp³-hybridized carbons (Fsp3) is 0.185. The Hall–Kier alpha value is -4.13. The second-order valence-electron chi connectivity index (χ2n) is 8.35. The second kappa shape index (κ2) is 9.73. The molecule has 0 aliphatic carbocycles. The SMILES string of the molecule is COC(=O)C1=C(C)N=c2s/c(=C\c3cn(CC#N)c4ccccc34)c(=O)n2[C@@H]1c1cc(Cl)ccc1OC. The van der Waals surface area contributed by atoms with Crippen LogP contribution in [0, 0.1) is 11.3 Å². The summed E-state index contributed by atoms with van der Waals surface area (Å²) < 4.78 is 14.4. The molecule has 8 nitrogen and oxygen atoms in total. The second-order valence-corrected chi connectivity index (χ2v) is 9.79. The van der Waals surface area contributed by atoms with Gasteiger partial charge in [-0.25, -0.2) is 9.79 Å². The van der Waals surface area contributed by atoms with Gasteiger partial charge in [-0.3, -0.25) is 9.36 Å². The van der Waals surface area contributed by atoms with E-state index in [2.05, 4.69) is 11.1 Å². The number of aromatic nitrogens is 2. The molecular weight excluding hydrogens is 512 g/mol. The summed E-state index contributed by atoms with van der Waals surface area (Å²) in [4.78, 5) is 31.8. The third-order valence-corrected chi connectivity index (χ3v) is 7.48. The average Bonchev–Trinajstić information content (AvgIpc) is 3.40. The third-order valence-electron chi connectivity index (χ3n) is 6.26. The number of esters is 1. The van der Waals surface area contributed by atoms with Crippen molar-refractivity contribution in [3.63, 3.8) is 0 Å². The molecule has 0 N–H and O–H groups in total. The molecule has 0 saturated carbocycles. The topological polar surface area (TPSA) is 98.6 Å². The number of methoxy groups -OCH3 is 2. The van der Waals surface area contributed by atoms with Gasteiger partial charge in [-0.15, -0.1) is 0 Å². The Bertz CT molecular complexity index is 1820. The Morgan fingerprint density at radius 2 is 2.05 bits per heavy atom. The molecular formula is C27H21ClN4O4S. The molecule has 0 unspecified atom stereocenters. The fourth-order valence-corrected chi connectivity index (χ4v) is 5.86. The lowest BCUT2D eigenvalue weighted by Crippen LogP contribution is -2.40. The number of carbonyl (C=O) groups excluding carboxylic acids is 1. The summed E-state index contributed by atoms with van der Waals surface area (Å²) in [6.45, 7) is 1.90. The van der Waals surface area contributed by atoms with Gasteiger partial charge < -0.3 is 14.0 Å². The van der Waals surface area contributed by atoms with Crippen LogP contribution in [-0.2, 0) is 16.1 Å². The number of hydrogen-bond acceptors (Lipinski definition) is 7. The Morgan fingerprint density at radius 3 is 2.78 bits per heavy atom. The van der Waals surface area contributed by atoms with Crippen LogP contribution in [0.25, 0.3) is 17.0 Å². The maximum Gasteiger partial charge on any atom is 0.338 e. The molecule has 2 aromatic heterocycles. The summed E-state index contributed by atoms with van der Waals surface area (Å²) in [5.74, 6) is -0.123. The van der Waals surface area contributed by atoms with Gasteiger partial charge in [-0.2, -0.15) is 5.26 Å². The van der Waals surface area contributed by atoms with Crippen LogP contribution in [0.1, 0.15) is 24.1 Å². The molecule has 2 aromatic carbocycles. The Labute approximate surface area is 220 Å². The van der Waals surface area contributed by atoms with Gasteiger partial charge in [0.1, 0.15) is 18.3 Å². The lowest BCUT2D eigenvalue weighted by atomic mass is 9.95. The molecule has 0 fully saturated rings. The van der Waals surface area contributed by atoms with E-state index < -0.39 is 12.0 Å². The summed E-state index contributed by atoms with van der Waals surface area (Å²) in [5, 5.41) is 10.6. The van der Waals surface area contributed by atoms with Gasteiger partial charge in [-0.05, 0) is 37.3 Å². The number of rotatable bonds is 5. The molecule has 0 radical (unpaired) electrons. The summed E-state index contributed by atoms with van der Waals surface area (Å²) in [6.07, 6.45) is 3.65. The lowest BCUT2D eigenvalue weighted by Gasteiger charge is -2.25. The number of carbonyl (C=O) groups is 1. The van der Waals surface area contributed by atoms with Crippen molar-refractivity contribution in [2.75, 3.05) is 14.2 Å². The number of para-hydroxylation sites is 1. The molecule has 1 aliphatic heterocycles. The summed E-state index contributed by atoms with van der Waals surface area (Å²) in [5.41, 5.74) is 2.60. The zero-order valence-electron chi connectivity index (χ0n) is 20.2. The van der Waals surface area contributed by atoms with Crippen LogP contribution in [0.3, 0.4) is 0 Å². The summed E-state index contributed by atoms with van der Waals surface area (Å²) >= 11 is 7.55. The first kappa shape index (κ1) is 24.6. The van der Waals surface area contributed by atoms with E-state index in [1.807, 2.05) is 35.0 Å². The highest BCUT2D eigenvalue weighted by Crippen LogP contribution is 2.37. The smallest absolute Gasteiger partial charge is 0.338 e. The number of allylic oxidation sites excluding steroid dienone is 1. The maximum atomic E-state index is 13.9. The van der Waals surface area contributed by atoms with Crippen molar-refractivity contribution in [2.24, 2.45) is 4.99 Å². The Morgan fingerprint density at radius 1 is 1.27 bits per heavy atom. The molecule has 4 aromatic rings. The molecule has 0 bridgehead atoms.